The van der Waals surface area contributed by atoms with Gasteiger partial charge in [0.05, 0.1) is 12.6 Å². The summed E-state index contributed by atoms with van der Waals surface area (Å²) in [5, 5.41) is 2.85. The number of hydrogen-bond donors (Lipinski definition) is 1. The lowest BCUT2D eigenvalue weighted by Crippen LogP contribution is -2.44. The molecule has 1 fully saturated rings. The molecule has 23 heavy (non-hydrogen) atoms. The Hall–Kier alpha value is -1.95. The summed E-state index contributed by atoms with van der Waals surface area (Å²) in [6, 6.07) is 6.26. The maximum atomic E-state index is 13.4. The molecule has 5 nitrogen and oxygen atoms in total. The fraction of sp³-hybridized carbons (Fsp3) is 0.529. The van der Waals surface area contributed by atoms with Crippen molar-refractivity contribution in [3.05, 3.63) is 35.6 Å². The number of carbonyl (C=O) groups is 2. The first-order valence-corrected chi connectivity index (χ1v) is 7.93. The quantitative estimate of drug-likeness (QED) is 0.865. The number of rotatable bonds is 6. The van der Waals surface area contributed by atoms with Crippen LogP contribution in [0.4, 0.5) is 4.39 Å². The summed E-state index contributed by atoms with van der Waals surface area (Å²) in [6.45, 7) is 1.12. The van der Waals surface area contributed by atoms with Gasteiger partial charge in [-0.1, -0.05) is 12.1 Å². The van der Waals surface area contributed by atoms with Crippen molar-refractivity contribution < 1.29 is 14.0 Å². The Kier molecular flexibility index (Phi) is 6.10. The molecule has 1 aromatic carbocycles. The number of hydrogen-bond acceptors (Lipinski definition) is 3. The molecule has 2 amide bonds. The minimum atomic E-state index is -0.292. The third kappa shape index (κ3) is 5.03. The molecule has 1 unspecified atom stereocenters. The number of nitrogens with one attached hydrogen (secondary N) is 1. The van der Waals surface area contributed by atoms with Crippen LogP contribution in [-0.4, -0.2) is 55.3 Å². The molecule has 126 valence electrons. The molecular formula is C17H24FN3O2. The fourth-order valence-electron chi connectivity index (χ4n) is 2.78. The third-order valence-electron chi connectivity index (χ3n) is 4.11. The molecule has 1 N–H and O–H groups in total. The molecule has 0 aromatic heterocycles. The van der Waals surface area contributed by atoms with Gasteiger partial charge in [0, 0.05) is 19.5 Å². The van der Waals surface area contributed by atoms with Crippen LogP contribution in [0.5, 0.6) is 0 Å². The van der Waals surface area contributed by atoms with Crippen molar-refractivity contribution in [2.45, 2.75) is 25.3 Å². The van der Waals surface area contributed by atoms with E-state index in [0.29, 0.717) is 19.5 Å². The Morgan fingerprint density at radius 3 is 2.83 bits per heavy atom. The van der Waals surface area contributed by atoms with Gasteiger partial charge in [0.15, 0.2) is 0 Å². The van der Waals surface area contributed by atoms with Crippen LogP contribution in [-0.2, 0) is 9.59 Å². The molecule has 1 saturated heterocycles. The number of benzene rings is 1. The van der Waals surface area contributed by atoms with E-state index in [9.17, 15) is 14.0 Å². The highest BCUT2D eigenvalue weighted by Gasteiger charge is 2.21. The predicted molar refractivity (Wildman–Crippen MR) is 86.3 cm³/mol. The zero-order chi connectivity index (χ0) is 16.8. The number of carbonyl (C=O) groups excluding carboxylic acids is 2. The van der Waals surface area contributed by atoms with E-state index in [4.69, 9.17) is 0 Å². The highest BCUT2D eigenvalue weighted by Crippen LogP contribution is 2.18. The molecule has 1 heterocycles. The summed E-state index contributed by atoms with van der Waals surface area (Å²) in [5.41, 5.74) is 0.810. The SMILES string of the molecule is CN(C)C(CNC(=O)CN1CCCCC1=O)c1cccc(F)c1. The minimum absolute atomic E-state index is 0.0423. The van der Waals surface area contributed by atoms with Crippen molar-refractivity contribution in [1.82, 2.24) is 15.1 Å². The van der Waals surface area contributed by atoms with Gasteiger partial charge in [-0.05, 0) is 44.6 Å². The Bertz CT molecular complexity index is 563. The van der Waals surface area contributed by atoms with E-state index in [0.717, 1.165) is 18.4 Å². The Balaban J connectivity index is 1.91. The molecule has 0 spiro atoms. The zero-order valence-electron chi connectivity index (χ0n) is 13.7. The molecule has 2 rings (SSSR count). The molecule has 0 bridgehead atoms. The van der Waals surface area contributed by atoms with Crippen molar-refractivity contribution in [2.24, 2.45) is 0 Å². The van der Waals surface area contributed by atoms with Crippen molar-refractivity contribution in [3.8, 4) is 0 Å². The van der Waals surface area contributed by atoms with E-state index in [-0.39, 0.29) is 30.2 Å². The van der Waals surface area contributed by atoms with Crippen LogP contribution in [0.25, 0.3) is 0 Å². The Morgan fingerprint density at radius 1 is 1.39 bits per heavy atom. The van der Waals surface area contributed by atoms with Crippen LogP contribution in [0.3, 0.4) is 0 Å². The summed E-state index contributed by atoms with van der Waals surface area (Å²) in [5.74, 6) is -0.427. The van der Waals surface area contributed by atoms with Crippen molar-refractivity contribution in [2.75, 3.05) is 33.7 Å². The monoisotopic (exact) mass is 321 g/mol. The molecule has 0 radical (unpaired) electrons. The number of nitrogens with zero attached hydrogens (tertiary/aromatic N) is 2. The van der Waals surface area contributed by atoms with Gasteiger partial charge in [-0.3, -0.25) is 9.59 Å². The highest BCUT2D eigenvalue weighted by molar-refractivity contribution is 5.85. The summed E-state index contributed by atoms with van der Waals surface area (Å²) < 4.78 is 13.4. The van der Waals surface area contributed by atoms with E-state index in [2.05, 4.69) is 5.32 Å². The van der Waals surface area contributed by atoms with E-state index in [1.54, 1.807) is 11.0 Å². The molecule has 1 aliphatic rings. The van der Waals surface area contributed by atoms with Crippen LogP contribution < -0.4 is 5.32 Å². The second kappa shape index (κ2) is 8.06. The lowest BCUT2D eigenvalue weighted by atomic mass is 10.1. The van der Waals surface area contributed by atoms with E-state index in [1.807, 2.05) is 25.1 Å². The summed E-state index contributed by atoms with van der Waals surface area (Å²) in [4.78, 5) is 27.4. The lowest BCUT2D eigenvalue weighted by molar-refractivity contribution is -0.137. The van der Waals surface area contributed by atoms with Gasteiger partial charge in [0.25, 0.3) is 0 Å². The number of piperidine rings is 1. The van der Waals surface area contributed by atoms with Gasteiger partial charge in [0.1, 0.15) is 5.82 Å². The minimum Gasteiger partial charge on any atom is -0.353 e. The van der Waals surface area contributed by atoms with Crippen LogP contribution in [0.15, 0.2) is 24.3 Å². The summed E-state index contributed by atoms with van der Waals surface area (Å²) >= 11 is 0. The molecule has 0 saturated carbocycles. The second-order valence-corrected chi connectivity index (χ2v) is 6.11. The van der Waals surface area contributed by atoms with Crippen LogP contribution in [0.2, 0.25) is 0 Å². The number of amides is 2. The molecule has 0 aliphatic carbocycles. The van der Waals surface area contributed by atoms with Gasteiger partial charge in [-0.15, -0.1) is 0 Å². The van der Waals surface area contributed by atoms with Crippen molar-refractivity contribution in [3.63, 3.8) is 0 Å². The maximum absolute atomic E-state index is 13.4. The summed E-state index contributed by atoms with van der Waals surface area (Å²) in [7, 11) is 3.77. The van der Waals surface area contributed by atoms with E-state index < -0.39 is 0 Å². The van der Waals surface area contributed by atoms with Gasteiger partial charge in [-0.25, -0.2) is 4.39 Å². The van der Waals surface area contributed by atoms with Gasteiger partial charge >= 0.3 is 0 Å². The maximum Gasteiger partial charge on any atom is 0.239 e. The topological polar surface area (TPSA) is 52.7 Å². The van der Waals surface area contributed by atoms with Crippen molar-refractivity contribution >= 4 is 11.8 Å². The van der Waals surface area contributed by atoms with Crippen LogP contribution >= 0.6 is 0 Å². The fourth-order valence-corrected chi connectivity index (χ4v) is 2.78. The van der Waals surface area contributed by atoms with Gasteiger partial charge in [0.2, 0.25) is 11.8 Å². The molecule has 6 heteroatoms. The van der Waals surface area contributed by atoms with E-state index >= 15 is 0 Å². The second-order valence-electron chi connectivity index (χ2n) is 6.11. The number of likely N-dealkylation sites (N-methyl/N-ethyl adjacent to an activating group) is 1. The van der Waals surface area contributed by atoms with Gasteiger partial charge < -0.3 is 15.1 Å². The molecule has 1 aromatic rings. The average Bonchev–Trinajstić information content (AvgIpc) is 2.49. The number of likely N-dealkylation sites (tertiary alicyclic amines) is 1. The van der Waals surface area contributed by atoms with Crippen LogP contribution in [0.1, 0.15) is 30.9 Å². The highest BCUT2D eigenvalue weighted by atomic mass is 19.1. The first-order valence-electron chi connectivity index (χ1n) is 7.93. The molecule has 1 aliphatic heterocycles. The van der Waals surface area contributed by atoms with Gasteiger partial charge in [-0.2, -0.15) is 0 Å². The normalized spacial score (nSPS) is 16.5. The van der Waals surface area contributed by atoms with Crippen molar-refractivity contribution in [1.29, 1.82) is 0 Å². The molecule has 1 atom stereocenters. The standard InChI is InChI=1S/C17H24FN3O2/c1-20(2)15(13-6-5-7-14(18)10-13)11-19-16(22)12-21-9-4-3-8-17(21)23/h5-7,10,15H,3-4,8-9,11-12H2,1-2H3,(H,19,22). The largest absolute Gasteiger partial charge is 0.353 e. The van der Waals surface area contributed by atoms with Crippen LogP contribution in [0, 0.1) is 5.82 Å². The van der Waals surface area contributed by atoms with E-state index in [1.165, 1.54) is 12.1 Å². The number of halogens is 1. The average molecular weight is 321 g/mol. The predicted octanol–water partition coefficient (Wildman–Crippen LogP) is 1.56. The first kappa shape index (κ1) is 17.4. The molecular weight excluding hydrogens is 297 g/mol. The Morgan fingerprint density at radius 2 is 2.17 bits per heavy atom. The zero-order valence-corrected chi connectivity index (χ0v) is 13.7. The summed E-state index contributed by atoms with van der Waals surface area (Å²) in [6.07, 6.45) is 2.37. The first-order chi connectivity index (χ1) is 11.0. The third-order valence-corrected chi connectivity index (χ3v) is 4.11. The Labute approximate surface area is 136 Å². The lowest BCUT2D eigenvalue weighted by Gasteiger charge is -2.28. The smallest absolute Gasteiger partial charge is 0.239 e.